The van der Waals surface area contributed by atoms with Crippen LogP contribution in [0.2, 0.25) is 0 Å². The lowest BCUT2D eigenvalue weighted by molar-refractivity contribution is 0.218. The molecule has 1 N–H and O–H groups in total. The van der Waals surface area contributed by atoms with Gasteiger partial charge < -0.3 is 10.2 Å². The minimum atomic E-state index is 0.813. The Morgan fingerprint density at radius 1 is 1.06 bits per heavy atom. The third kappa shape index (κ3) is 4.06. The maximum Gasteiger partial charge on any atom is 0.0107 e. The van der Waals surface area contributed by atoms with Crippen molar-refractivity contribution in [2.24, 2.45) is 5.92 Å². The summed E-state index contributed by atoms with van der Waals surface area (Å²) >= 11 is 0. The van der Waals surface area contributed by atoms with Gasteiger partial charge >= 0.3 is 0 Å². The van der Waals surface area contributed by atoms with Gasteiger partial charge in [0.2, 0.25) is 0 Å². The molecular weight excluding hydrogens is 196 g/mol. The molecule has 1 saturated heterocycles. The second-order valence-electron chi connectivity index (χ2n) is 5.83. The van der Waals surface area contributed by atoms with Gasteiger partial charge in [0.05, 0.1) is 0 Å². The summed E-state index contributed by atoms with van der Waals surface area (Å²) in [4.78, 5) is 2.63. The molecule has 16 heavy (non-hydrogen) atoms. The van der Waals surface area contributed by atoms with E-state index in [0.717, 1.165) is 12.0 Å². The van der Waals surface area contributed by atoms with Crippen molar-refractivity contribution >= 4 is 0 Å². The highest BCUT2D eigenvalue weighted by Crippen LogP contribution is 2.23. The Hall–Kier alpha value is -0.0800. The standard InChI is InChI=1S/C14H28N2/c1-13-6-5-7-14(12-13)15-8-11-16-9-3-2-4-10-16/h13-15H,2-12H2,1H3. The van der Waals surface area contributed by atoms with Crippen LogP contribution in [0.1, 0.15) is 51.9 Å². The number of nitrogens with zero attached hydrogens (tertiary/aromatic N) is 1. The predicted molar refractivity (Wildman–Crippen MR) is 69.7 cm³/mol. The Morgan fingerprint density at radius 2 is 1.88 bits per heavy atom. The van der Waals surface area contributed by atoms with Crippen LogP contribution in [0.3, 0.4) is 0 Å². The van der Waals surface area contributed by atoms with Crippen molar-refractivity contribution < 1.29 is 0 Å². The van der Waals surface area contributed by atoms with Crippen LogP contribution in [0, 0.1) is 5.92 Å². The predicted octanol–water partition coefficient (Wildman–Crippen LogP) is 2.64. The van der Waals surface area contributed by atoms with Crippen molar-refractivity contribution in [1.82, 2.24) is 10.2 Å². The molecule has 2 nitrogen and oxygen atoms in total. The summed E-state index contributed by atoms with van der Waals surface area (Å²) in [6, 6.07) is 0.813. The van der Waals surface area contributed by atoms with Crippen LogP contribution >= 0.6 is 0 Å². The van der Waals surface area contributed by atoms with E-state index >= 15 is 0 Å². The summed E-state index contributed by atoms with van der Waals surface area (Å²) in [5.41, 5.74) is 0. The third-order valence-corrected chi connectivity index (χ3v) is 4.25. The van der Waals surface area contributed by atoms with Gasteiger partial charge in [-0.15, -0.1) is 0 Å². The molecule has 0 bridgehead atoms. The zero-order chi connectivity index (χ0) is 11.2. The van der Waals surface area contributed by atoms with Crippen molar-refractivity contribution in [1.29, 1.82) is 0 Å². The van der Waals surface area contributed by atoms with Crippen LogP contribution < -0.4 is 5.32 Å². The van der Waals surface area contributed by atoms with Gasteiger partial charge in [-0.2, -0.15) is 0 Å². The monoisotopic (exact) mass is 224 g/mol. The van der Waals surface area contributed by atoms with Gasteiger partial charge in [0, 0.05) is 19.1 Å². The fourth-order valence-electron chi connectivity index (χ4n) is 3.23. The van der Waals surface area contributed by atoms with Crippen LogP contribution in [0.4, 0.5) is 0 Å². The first-order chi connectivity index (χ1) is 7.84. The molecule has 94 valence electrons. The Kier molecular flexibility index (Phi) is 5.11. The molecule has 0 aromatic carbocycles. The van der Waals surface area contributed by atoms with E-state index in [2.05, 4.69) is 17.1 Å². The molecule has 0 radical (unpaired) electrons. The van der Waals surface area contributed by atoms with E-state index in [1.165, 1.54) is 71.1 Å². The Balaban J connectivity index is 1.56. The van der Waals surface area contributed by atoms with E-state index in [1.807, 2.05) is 0 Å². The largest absolute Gasteiger partial charge is 0.313 e. The van der Waals surface area contributed by atoms with E-state index in [4.69, 9.17) is 0 Å². The minimum absolute atomic E-state index is 0.813. The molecule has 1 aliphatic carbocycles. The molecule has 2 atom stereocenters. The molecule has 0 spiro atoms. The SMILES string of the molecule is CC1CCCC(NCCN2CCCCC2)C1. The minimum Gasteiger partial charge on any atom is -0.313 e. The molecule has 2 aliphatic rings. The van der Waals surface area contributed by atoms with Gasteiger partial charge in [0.25, 0.3) is 0 Å². The third-order valence-electron chi connectivity index (χ3n) is 4.25. The number of rotatable bonds is 4. The first kappa shape index (κ1) is 12.4. The van der Waals surface area contributed by atoms with Crippen molar-refractivity contribution in [3.05, 3.63) is 0 Å². The van der Waals surface area contributed by atoms with Crippen molar-refractivity contribution in [3.8, 4) is 0 Å². The van der Waals surface area contributed by atoms with Gasteiger partial charge in [0.15, 0.2) is 0 Å². The second kappa shape index (κ2) is 6.61. The highest BCUT2D eigenvalue weighted by Gasteiger charge is 2.18. The van der Waals surface area contributed by atoms with Crippen LogP contribution in [-0.2, 0) is 0 Å². The lowest BCUT2D eigenvalue weighted by Gasteiger charge is -2.30. The Bertz CT molecular complexity index is 187. The highest BCUT2D eigenvalue weighted by molar-refractivity contribution is 4.76. The number of hydrogen-bond donors (Lipinski definition) is 1. The maximum absolute atomic E-state index is 3.76. The molecule has 2 unspecified atom stereocenters. The van der Waals surface area contributed by atoms with Crippen molar-refractivity contribution in [2.45, 2.75) is 57.9 Å². The lowest BCUT2D eigenvalue weighted by Crippen LogP contribution is -2.40. The Labute approximate surface area is 101 Å². The number of likely N-dealkylation sites (tertiary alicyclic amines) is 1. The molecule has 1 aliphatic heterocycles. The maximum atomic E-state index is 3.76. The van der Waals surface area contributed by atoms with Gasteiger partial charge in [-0.3, -0.25) is 0 Å². The van der Waals surface area contributed by atoms with E-state index in [-0.39, 0.29) is 0 Å². The zero-order valence-electron chi connectivity index (χ0n) is 10.9. The van der Waals surface area contributed by atoms with E-state index < -0.39 is 0 Å². The molecule has 0 aromatic rings. The molecule has 0 aromatic heterocycles. The van der Waals surface area contributed by atoms with Crippen LogP contribution in [0.5, 0.6) is 0 Å². The van der Waals surface area contributed by atoms with Gasteiger partial charge in [0.1, 0.15) is 0 Å². The average molecular weight is 224 g/mol. The lowest BCUT2D eigenvalue weighted by atomic mass is 9.87. The summed E-state index contributed by atoms with van der Waals surface area (Å²) in [5, 5.41) is 3.76. The van der Waals surface area contributed by atoms with Crippen molar-refractivity contribution in [2.75, 3.05) is 26.2 Å². The molecule has 2 heteroatoms. The fraction of sp³-hybridized carbons (Fsp3) is 1.00. The number of hydrogen-bond acceptors (Lipinski definition) is 2. The van der Waals surface area contributed by atoms with Crippen LogP contribution in [0.15, 0.2) is 0 Å². The van der Waals surface area contributed by atoms with Gasteiger partial charge in [-0.1, -0.05) is 26.2 Å². The normalized spacial score (nSPS) is 32.8. The highest BCUT2D eigenvalue weighted by atomic mass is 15.1. The molecule has 2 rings (SSSR count). The smallest absolute Gasteiger partial charge is 0.0107 e. The molecule has 1 heterocycles. The first-order valence-electron chi connectivity index (χ1n) is 7.30. The summed E-state index contributed by atoms with van der Waals surface area (Å²) < 4.78 is 0. The molecule has 2 fully saturated rings. The first-order valence-corrected chi connectivity index (χ1v) is 7.30. The summed E-state index contributed by atoms with van der Waals surface area (Å²) in [7, 11) is 0. The molecular formula is C14H28N2. The zero-order valence-corrected chi connectivity index (χ0v) is 10.9. The Morgan fingerprint density at radius 3 is 2.62 bits per heavy atom. The molecule has 1 saturated carbocycles. The fourth-order valence-corrected chi connectivity index (χ4v) is 3.23. The van der Waals surface area contributed by atoms with E-state index in [1.54, 1.807) is 0 Å². The summed E-state index contributed by atoms with van der Waals surface area (Å²) in [6.45, 7) is 7.55. The van der Waals surface area contributed by atoms with E-state index in [0.29, 0.717) is 0 Å². The number of piperidine rings is 1. The average Bonchev–Trinajstić information content (AvgIpc) is 2.30. The van der Waals surface area contributed by atoms with Crippen LogP contribution in [-0.4, -0.2) is 37.1 Å². The summed E-state index contributed by atoms with van der Waals surface area (Å²) in [6.07, 6.45) is 9.97. The van der Waals surface area contributed by atoms with Gasteiger partial charge in [-0.25, -0.2) is 0 Å². The quantitative estimate of drug-likeness (QED) is 0.790. The summed E-state index contributed by atoms with van der Waals surface area (Å²) in [5.74, 6) is 0.946. The number of nitrogens with one attached hydrogen (secondary N) is 1. The van der Waals surface area contributed by atoms with Gasteiger partial charge in [-0.05, 0) is 44.7 Å². The van der Waals surface area contributed by atoms with E-state index in [9.17, 15) is 0 Å². The van der Waals surface area contributed by atoms with Crippen molar-refractivity contribution in [3.63, 3.8) is 0 Å². The second-order valence-corrected chi connectivity index (χ2v) is 5.83. The topological polar surface area (TPSA) is 15.3 Å². The van der Waals surface area contributed by atoms with Crippen LogP contribution in [0.25, 0.3) is 0 Å². The molecule has 0 amide bonds.